The molecule has 0 bridgehead atoms. The van der Waals surface area contributed by atoms with Gasteiger partial charge in [0, 0.05) is 19.1 Å². The molecule has 1 saturated heterocycles. The molecule has 20 heavy (non-hydrogen) atoms. The highest BCUT2D eigenvalue weighted by atomic mass is 19.1. The van der Waals surface area contributed by atoms with Crippen LogP contribution in [0.2, 0.25) is 0 Å². The Kier molecular flexibility index (Phi) is 5.99. The average molecular weight is 279 g/mol. The van der Waals surface area contributed by atoms with E-state index in [2.05, 4.69) is 11.8 Å². The highest BCUT2D eigenvalue weighted by molar-refractivity contribution is 5.22. The van der Waals surface area contributed by atoms with Crippen molar-refractivity contribution in [1.29, 1.82) is 0 Å². The van der Waals surface area contributed by atoms with Gasteiger partial charge in [-0.15, -0.1) is 0 Å². The van der Waals surface area contributed by atoms with Crippen molar-refractivity contribution in [2.45, 2.75) is 38.5 Å². The van der Waals surface area contributed by atoms with Crippen molar-refractivity contribution in [3.63, 3.8) is 0 Å². The van der Waals surface area contributed by atoms with Crippen LogP contribution in [-0.2, 0) is 0 Å². The lowest BCUT2D eigenvalue weighted by Crippen LogP contribution is -2.41. The van der Waals surface area contributed by atoms with E-state index >= 15 is 0 Å². The molecule has 1 fully saturated rings. The Balaban J connectivity index is 1.94. The van der Waals surface area contributed by atoms with E-state index < -0.39 is 0 Å². The molecule has 1 heterocycles. The molecule has 2 nitrogen and oxygen atoms in total. The van der Waals surface area contributed by atoms with Crippen LogP contribution in [0.15, 0.2) is 24.3 Å². The summed E-state index contributed by atoms with van der Waals surface area (Å²) >= 11 is 0. The van der Waals surface area contributed by atoms with Gasteiger partial charge in [-0.05, 0) is 49.5 Å². The van der Waals surface area contributed by atoms with Crippen molar-refractivity contribution in [2.24, 2.45) is 5.92 Å². The number of piperidine rings is 1. The number of rotatable bonds is 6. The van der Waals surface area contributed by atoms with Crippen LogP contribution in [0.3, 0.4) is 0 Å². The second-order valence-corrected chi connectivity index (χ2v) is 5.90. The molecule has 1 aromatic carbocycles. The quantitative estimate of drug-likeness (QED) is 0.807. The minimum absolute atomic E-state index is 0.189. The summed E-state index contributed by atoms with van der Waals surface area (Å²) in [6.45, 7) is 5.62. The fourth-order valence-electron chi connectivity index (χ4n) is 3.23. The zero-order valence-electron chi connectivity index (χ0n) is 12.4. The van der Waals surface area contributed by atoms with E-state index in [1.165, 1.54) is 37.0 Å². The molecule has 2 atom stereocenters. The van der Waals surface area contributed by atoms with Gasteiger partial charge in [-0.2, -0.15) is 0 Å². The molecule has 0 amide bonds. The van der Waals surface area contributed by atoms with Crippen LogP contribution in [0.1, 0.15) is 44.1 Å². The third-order valence-electron chi connectivity index (χ3n) is 4.43. The Hall–Kier alpha value is -0.930. The topological polar surface area (TPSA) is 23.5 Å². The predicted molar refractivity (Wildman–Crippen MR) is 80.3 cm³/mol. The summed E-state index contributed by atoms with van der Waals surface area (Å²) in [4.78, 5) is 2.47. The van der Waals surface area contributed by atoms with E-state index in [1.807, 2.05) is 12.1 Å². The van der Waals surface area contributed by atoms with Gasteiger partial charge in [0.1, 0.15) is 5.82 Å². The molecular formula is C17H26FNO. The summed E-state index contributed by atoms with van der Waals surface area (Å²) in [6, 6.07) is 6.79. The molecular weight excluding hydrogens is 253 g/mol. The number of halogens is 1. The molecule has 0 aliphatic carbocycles. The number of unbranched alkanes of at least 4 members (excludes halogenated alkanes) is 2. The molecule has 3 heteroatoms. The Morgan fingerprint density at radius 2 is 2.00 bits per heavy atom. The summed E-state index contributed by atoms with van der Waals surface area (Å²) in [6.07, 6.45) is 4.83. The SMILES string of the molecule is CCCCCN1CC[C@@H](c2ccc(F)cc2)[C@H](CO)C1. The van der Waals surface area contributed by atoms with Gasteiger partial charge in [0.15, 0.2) is 0 Å². The molecule has 1 aliphatic heterocycles. The van der Waals surface area contributed by atoms with E-state index in [-0.39, 0.29) is 18.3 Å². The minimum Gasteiger partial charge on any atom is -0.396 e. The van der Waals surface area contributed by atoms with Gasteiger partial charge in [-0.25, -0.2) is 4.39 Å². The molecule has 1 N–H and O–H groups in total. The molecule has 0 aromatic heterocycles. The van der Waals surface area contributed by atoms with Crippen molar-refractivity contribution in [3.05, 3.63) is 35.6 Å². The number of hydrogen-bond donors (Lipinski definition) is 1. The van der Waals surface area contributed by atoms with Crippen LogP contribution < -0.4 is 0 Å². The van der Waals surface area contributed by atoms with E-state index in [1.54, 1.807) is 0 Å². The van der Waals surface area contributed by atoms with Gasteiger partial charge in [0.2, 0.25) is 0 Å². The van der Waals surface area contributed by atoms with Gasteiger partial charge in [0.05, 0.1) is 0 Å². The smallest absolute Gasteiger partial charge is 0.123 e. The summed E-state index contributed by atoms with van der Waals surface area (Å²) in [7, 11) is 0. The standard InChI is InChI=1S/C17H26FNO/c1-2-3-4-10-19-11-9-17(15(12-19)13-20)14-5-7-16(18)8-6-14/h5-8,15,17,20H,2-4,9-13H2,1H3/t15-,17-/m0/s1. The Labute approximate surface area is 121 Å². The molecule has 1 aliphatic rings. The number of aliphatic hydroxyl groups excluding tert-OH is 1. The number of benzene rings is 1. The van der Waals surface area contributed by atoms with Crippen molar-refractivity contribution >= 4 is 0 Å². The molecule has 0 spiro atoms. The van der Waals surface area contributed by atoms with Crippen LogP contribution in [0, 0.1) is 11.7 Å². The molecule has 0 radical (unpaired) electrons. The Morgan fingerprint density at radius 3 is 2.65 bits per heavy atom. The normalized spacial score (nSPS) is 23.9. The number of nitrogens with zero attached hydrogens (tertiary/aromatic N) is 1. The first-order valence-electron chi connectivity index (χ1n) is 7.83. The third kappa shape index (κ3) is 4.03. The van der Waals surface area contributed by atoms with Crippen molar-refractivity contribution in [1.82, 2.24) is 4.90 Å². The predicted octanol–water partition coefficient (Wildman–Crippen LogP) is 3.41. The lowest BCUT2D eigenvalue weighted by molar-refractivity contribution is 0.101. The van der Waals surface area contributed by atoms with E-state index in [0.29, 0.717) is 5.92 Å². The van der Waals surface area contributed by atoms with Crippen molar-refractivity contribution in [2.75, 3.05) is 26.2 Å². The van der Waals surface area contributed by atoms with Gasteiger partial charge in [-0.3, -0.25) is 0 Å². The minimum atomic E-state index is -0.189. The maximum Gasteiger partial charge on any atom is 0.123 e. The first-order chi connectivity index (χ1) is 9.74. The average Bonchev–Trinajstić information content (AvgIpc) is 2.48. The van der Waals surface area contributed by atoms with Gasteiger partial charge in [0.25, 0.3) is 0 Å². The van der Waals surface area contributed by atoms with Gasteiger partial charge in [-0.1, -0.05) is 31.9 Å². The number of likely N-dealkylation sites (tertiary alicyclic amines) is 1. The molecule has 112 valence electrons. The van der Waals surface area contributed by atoms with Crippen molar-refractivity contribution in [3.8, 4) is 0 Å². The molecule has 2 rings (SSSR count). The van der Waals surface area contributed by atoms with Crippen LogP contribution in [0.5, 0.6) is 0 Å². The van der Waals surface area contributed by atoms with Gasteiger partial charge >= 0.3 is 0 Å². The Morgan fingerprint density at radius 1 is 1.25 bits per heavy atom. The first-order valence-corrected chi connectivity index (χ1v) is 7.83. The summed E-state index contributed by atoms with van der Waals surface area (Å²) < 4.78 is 13.0. The first kappa shape index (κ1) is 15.5. The largest absolute Gasteiger partial charge is 0.396 e. The van der Waals surface area contributed by atoms with Crippen LogP contribution >= 0.6 is 0 Å². The second-order valence-electron chi connectivity index (χ2n) is 5.90. The maximum atomic E-state index is 13.0. The highest BCUT2D eigenvalue weighted by Gasteiger charge is 2.29. The lowest BCUT2D eigenvalue weighted by Gasteiger charge is -2.38. The summed E-state index contributed by atoms with van der Waals surface area (Å²) in [5, 5.41) is 9.67. The zero-order valence-corrected chi connectivity index (χ0v) is 12.4. The fourth-order valence-corrected chi connectivity index (χ4v) is 3.23. The fraction of sp³-hybridized carbons (Fsp3) is 0.647. The molecule has 0 unspecified atom stereocenters. The summed E-state index contributed by atoms with van der Waals surface area (Å²) in [5.41, 5.74) is 1.17. The Bertz CT molecular complexity index is 392. The monoisotopic (exact) mass is 279 g/mol. The molecule has 1 aromatic rings. The van der Waals surface area contributed by atoms with Crippen LogP contribution in [-0.4, -0.2) is 36.2 Å². The number of aliphatic hydroxyl groups is 1. The second kappa shape index (κ2) is 7.75. The molecule has 0 saturated carbocycles. The summed E-state index contributed by atoms with van der Waals surface area (Å²) in [5.74, 6) is 0.449. The van der Waals surface area contributed by atoms with E-state index in [4.69, 9.17) is 0 Å². The van der Waals surface area contributed by atoms with E-state index in [0.717, 1.165) is 26.1 Å². The zero-order chi connectivity index (χ0) is 14.4. The van der Waals surface area contributed by atoms with Crippen LogP contribution in [0.25, 0.3) is 0 Å². The third-order valence-corrected chi connectivity index (χ3v) is 4.43. The van der Waals surface area contributed by atoms with Crippen LogP contribution in [0.4, 0.5) is 4.39 Å². The highest BCUT2D eigenvalue weighted by Crippen LogP contribution is 2.33. The number of hydrogen-bond acceptors (Lipinski definition) is 2. The van der Waals surface area contributed by atoms with Crippen molar-refractivity contribution < 1.29 is 9.50 Å². The maximum absolute atomic E-state index is 13.0. The lowest BCUT2D eigenvalue weighted by atomic mass is 9.81. The van der Waals surface area contributed by atoms with E-state index in [9.17, 15) is 9.50 Å². The van der Waals surface area contributed by atoms with Gasteiger partial charge < -0.3 is 10.0 Å².